The van der Waals surface area contributed by atoms with E-state index < -0.39 is 16.7 Å². The molecule has 4 nitrogen and oxygen atoms in total. The molecule has 0 aromatic carbocycles. The van der Waals surface area contributed by atoms with Gasteiger partial charge in [-0.2, -0.15) is 0 Å². The zero-order chi connectivity index (χ0) is 8.15. The Hall–Kier alpha value is -0.930. The fraction of sp³-hybridized carbons (Fsp3) is 0.833. The molecule has 10 heavy (non-hydrogen) atoms. The number of carbonyl (C=O) groups excluding carboxylic acids is 1. The van der Waals surface area contributed by atoms with Crippen LogP contribution in [0.1, 0.15) is 26.7 Å². The van der Waals surface area contributed by atoms with Gasteiger partial charge in [-0.1, -0.05) is 13.3 Å². The summed E-state index contributed by atoms with van der Waals surface area (Å²) in [4.78, 5) is 19.6. The summed E-state index contributed by atoms with van der Waals surface area (Å²) in [7, 11) is 0. The van der Waals surface area contributed by atoms with Crippen molar-refractivity contribution in [2.24, 2.45) is 5.92 Å². The molecule has 1 amide bonds. The number of amides is 1. The summed E-state index contributed by atoms with van der Waals surface area (Å²) in [6, 6.07) is 0. The van der Waals surface area contributed by atoms with Crippen LogP contribution < -0.4 is 0 Å². The summed E-state index contributed by atoms with van der Waals surface area (Å²) in [5, 5.41) is 9.87. The maximum Gasteiger partial charge on any atom is 0.447 e. The van der Waals surface area contributed by atoms with E-state index >= 15 is 0 Å². The van der Waals surface area contributed by atoms with E-state index in [1.807, 2.05) is 6.92 Å². The number of nitrogens with zero attached hydrogens (tertiary/aromatic N) is 1. The number of hydrogen-bond acceptors (Lipinski definition) is 3. The van der Waals surface area contributed by atoms with Gasteiger partial charge in [-0.05, 0) is 13.3 Å². The van der Waals surface area contributed by atoms with Gasteiger partial charge in [0.05, 0.1) is 5.92 Å². The molecule has 0 aromatic rings. The Morgan fingerprint density at radius 1 is 1.70 bits per heavy atom. The van der Waals surface area contributed by atoms with Crippen LogP contribution in [0.5, 0.6) is 0 Å². The lowest BCUT2D eigenvalue weighted by atomic mass is 10.1. The maximum atomic E-state index is 10.5. The van der Waals surface area contributed by atoms with E-state index in [2.05, 4.69) is 0 Å². The largest absolute Gasteiger partial charge is 0.447 e. The molecule has 0 aliphatic heterocycles. The van der Waals surface area contributed by atoms with Crippen LogP contribution in [0.2, 0.25) is 0 Å². The Morgan fingerprint density at radius 2 is 2.20 bits per heavy atom. The molecule has 1 atom stereocenters. The fourth-order valence-electron chi connectivity index (χ4n) is 0.736. The van der Waals surface area contributed by atoms with Crippen LogP contribution >= 0.6 is 0 Å². The fourth-order valence-corrected chi connectivity index (χ4v) is 0.736. The molecular weight excluding hydrogens is 134 g/mol. The molecule has 0 aliphatic rings. The van der Waals surface area contributed by atoms with Crippen molar-refractivity contribution < 1.29 is 9.72 Å². The van der Waals surface area contributed by atoms with E-state index in [-0.39, 0.29) is 0 Å². The highest BCUT2D eigenvalue weighted by molar-refractivity contribution is 5.69. The lowest BCUT2D eigenvalue weighted by Crippen LogP contribution is -2.19. The van der Waals surface area contributed by atoms with Gasteiger partial charge in [-0.25, -0.2) is 4.79 Å². The van der Waals surface area contributed by atoms with Gasteiger partial charge in [0.25, 0.3) is 0 Å². The third-order valence-corrected chi connectivity index (χ3v) is 1.32. The first-order chi connectivity index (χ1) is 4.59. The lowest BCUT2D eigenvalue weighted by Gasteiger charge is -1.98. The second kappa shape index (κ2) is 3.98. The summed E-state index contributed by atoms with van der Waals surface area (Å²) in [5.41, 5.74) is 0. The average molecular weight is 145 g/mol. The van der Waals surface area contributed by atoms with Gasteiger partial charge in [0.2, 0.25) is 0 Å². The van der Waals surface area contributed by atoms with Crippen molar-refractivity contribution in [1.29, 1.82) is 0 Å². The molecule has 58 valence electrons. The van der Waals surface area contributed by atoms with E-state index in [1.54, 1.807) is 6.92 Å². The van der Waals surface area contributed by atoms with Crippen molar-refractivity contribution in [3.8, 4) is 0 Å². The smallest absolute Gasteiger partial charge is 0.256 e. The summed E-state index contributed by atoms with van der Waals surface area (Å²) >= 11 is 0. The van der Waals surface area contributed by atoms with Crippen LogP contribution in [0, 0.1) is 16.0 Å². The molecule has 0 saturated carbocycles. The predicted octanol–water partition coefficient (Wildman–Crippen LogP) is 1.23. The summed E-state index contributed by atoms with van der Waals surface area (Å²) in [6.07, 6.45) is 1.40. The third kappa shape index (κ3) is 2.57. The van der Waals surface area contributed by atoms with E-state index in [1.165, 1.54) is 0 Å². The Labute approximate surface area is 59.4 Å². The van der Waals surface area contributed by atoms with Crippen molar-refractivity contribution in [1.82, 2.24) is 0 Å². The monoisotopic (exact) mass is 145 g/mol. The topological polar surface area (TPSA) is 60.2 Å². The van der Waals surface area contributed by atoms with Crippen molar-refractivity contribution in [3.05, 3.63) is 10.1 Å². The number of nitro groups is 1. The van der Waals surface area contributed by atoms with Gasteiger partial charge in [-0.15, -0.1) is 0 Å². The highest BCUT2D eigenvalue weighted by Crippen LogP contribution is 2.05. The minimum atomic E-state index is -0.873. The standard InChI is InChI=1S/C6H11NO3/c1-3-4-5(2)6(8)7(9)10/h5H,3-4H2,1-2H3. The Bertz CT molecular complexity index is 144. The van der Waals surface area contributed by atoms with Crippen LogP contribution in [0.25, 0.3) is 0 Å². The van der Waals surface area contributed by atoms with Crippen LogP contribution in [0.4, 0.5) is 0 Å². The second-order valence-electron chi connectivity index (χ2n) is 2.29. The molecule has 0 N–H and O–H groups in total. The number of carbonyl (C=O) groups is 1. The molecule has 0 fully saturated rings. The molecule has 0 aliphatic carbocycles. The molecule has 0 saturated heterocycles. The van der Waals surface area contributed by atoms with Crippen molar-refractivity contribution in [3.63, 3.8) is 0 Å². The lowest BCUT2D eigenvalue weighted by molar-refractivity contribution is -0.406. The molecule has 0 aromatic heterocycles. The van der Waals surface area contributed by atoms with Crippen molar-refractivity contribution in [2.75, 3.05) is 0 Å². The zero-order valence-electron chi connectivity index (χ0n) is 6.16. The van der Waals surface area contributed by atoms with Crippen molar-refractivity contribution >= 4 is 5.91 Å². The minimum absolute atomic E-state index is 0.431. The first-order valence-corrected chi connectivity index (χ1v) is 3.27. The zero-order valence-corrected chi connectivity index (χ0v) is 6.16. The molecule has 0 bridgehead atoms. The maximum absolute atomic E-state index is 10.5. The van der Waals surface area contributed by atoms with Gasteiger partial charge in [0, 0.05) is 0 Å². The van der Waals surface area contributed by atoms with Crippen LogP contribution in [-0.2, 0) is 4.79 Å². The Kier molecular flexibility index (Phi) is 3.61. The summed E-state index contributed by atoms with van der Waals surface area (Å²) < 4.78 is 0. The molecular formula is C6H11NO3. The third-order valence-electron chi connectivity index (χ3n) is 1.32. The second-order valence-corrected chi connectivity index (χ2v) is 2.29. The predicted molar refractivity (Wildman–Crippen MR) is 36.1 cm³/mol. The summed E-state index contributed by atoms with van der Waals surface area (Å²) in [5.74, 6) is -1.30. The van der Waals surface area contributed by atoms with E-state index in [0.29, 0.717) is 6.42 Å². The quantitative estimate of drug-likeness (QED) is 0.443. The minimum Gasteiger partial charge on any atom is -0.256 e. The van der Waals surface area contributed by atoms with Crippen LogP contribution in [0.3, 0.4) is 0 Å². The number of hydrogen-bond donors (Lipinski definition) is 0. The highest BCUT2D eigenvalue weighted by Gasteiger charge is 2.22. The highest BCUT2D eigenvalue weighted by atomic mass is 16.6. The SMILES string of the molecule is CCCC(C)C(=O)[N+](=O)[O-]. The van der Waals surface area contributed by atoms with Crippen molar-refractivity contribution in [2.45, 2.75) is 26.7 Å². The van der Waals surface area contributed by atoms with E-state index in [0.717, 1.165) is 6.42 Å². The van der Waals surface area contributed by atoms with Gasteiger partial charge >= 0.3 is 5.91 Å². The van der Waals surface area contributed by atoms with Gasteiger partial charge < -0.3 is 0 Å². The first kappa shape index (κ1) is 9.07. The molecule has 4 heteroatoms. The van der Waals surface area contributed by atoms with Crippen LogP contribution in [0.15, 0.2) is 0 Å². The molecule has 0 spiro atoms. The normalized spacial score (nSPS) is 12.6. The van der Waals surface area contributed by atoms with Gasteiger partial charge in [0.1, 0.15) is 4.92 Å². The molecule has 0 rings (SSSR count). The Balaban J connectivity index is 3.82. The Morgan fingerprint density at radius 3 is 2.50 bits per heavy atom. The van der Waals surface area contributed by atoms with Gasteiger partial charge in [-0.3, -0.25) is 10.1 Å². The van der Waals surface area contributed by atoms with Gasteiger partial charge in [0.15, 0.2) is 0 Å². The first-order valence-electron chi connectivity index (χ1n) is 3.27. The molecule has 0 radical (unpaired) electrons. The average Bonchev–Trinajstić information content (AvgIpc) is 1.87. The number of rotatable bonds is 3. The van der Waals surface area contributed by atoms with E-state index in [9.17, 15) is 14.9 Å². The summed E-state index contributed by atoms with van der Waals surface area (Å²) in [6.45, 7) is 3.47. The van der Waals surface area contributed by atoms with Crippen LogP contribution in [-0.4, -0.2) is 10.8 Å². The molecule has 1 unspecified atom stereocenters. The van der Waals surface area contributed by atoms with E-state index in [4.69, 9.17) is 0 Å². The molecule has 0 heterocycles.